The van der Waals surface area contributed by atoms with Crippen molar-refractivity contribution in [3.05, 3.63) is 200 Å². The van der Waals surface area contributed by atoms with Gasteiger partial charge in [-0.05, 0) is 64.7 Å². The van der Waals surface area contributed by atoms with Gasteiger partial charge in [-0.1, -0.05) is 146 Å². The van der Waals surface area contributed by atoms with E-state index < -0.39 is 0 Å². The number of nitrogens with zero attached hydrogens (tertiary/aromatic N) is 5. The number of hydrogen-bond donors (Lipinski definition) is 0. The molecule has 254 valence electrons. The Bertz CT molecular complexity index is 2610. The molecule has 0 N–H and O–H groups in total. The fourth-order valence-corrected chi connectivity index (χ4v) is 6.72. The lowest BCUT2D eigenvalue weighted by Gasteiger charge is -2.17. The highest BCUT2D eigenvalue weighted by atomic mass is 14.9. The molecule has 0 aliphatic heterocycles. The average molecular weight is 692 g/mol. The van der Waals surface area contributed by atoms with Crippen molar-refractivity contribution in [1.29, 1.82) is 0 Å². The van der Waals surface area contributed by atoms with Crippen molar-refractivity contribution in [1.82, 2.24) is 24.9 Å². The van der Waals surface area contributed by atoms with Crippen LogP contribution in [0.25, 0.3) is 90.1 Å². The molecular formula is C49H33N5. The molecule has 0 saturated carbocycles. The van der Waals surface area contributed by atoms with E-state index in [0.29, 0.717) is 0 Å². The van der Waals surface area contributed by atoms with Gasteiger partial charge in [-0.3, -0.25) is 9.97 Å². The molecule has 4 heterocycles. The molecule has 0 aliphatic carbocycles. The quantitative estimate of drug-likeness (QED) is 0.159. The van der Waals surface area contributed by atoms with E-state index in [4.69, 9.17) is 15.0 Å². The van der Waals surface area contributed by atoms with Crippen LogP contribution >= 0.6 is 0 Å². The Hall–Kier alpha value is -7.37. The minimum atomic E-state index is 0.787. The van der Waals surface area contributed by atoms with Crippen molar-refractivity contribution in [3.63, 3.8) is 0 Å². The van der Waals surface area contributed by atoms with Crippen LogP contribution in [0.3, 0.4) is 0 Å². The highest BCUT2D eigenvalue weighted by molar-refractivity contribution is 5.88. The van der Waals surface area contributed by atoms with Crippen LogP contribution in [0.5, 0.6) is 0 Å². The first-order valence-electron chi connectivity index (χ1n) is 17.9. The Morgan fingerprint density at radius 1 is 0.222 bits per heavy atom. The van der Waals surface area contributed by atoms with Crippen molar-refractivity contribution in [3.8, 4) is 90.1 Å². The lowest BCUT2D eigenvalue weighted by molar-refractivity contribution is 1.21. The summed E-state index contributed by atoms with van der Waals surface area (Å²) >= 11 is 0. The van der Waals surface area contributed by atoms with Crippen molar-refractivity contribution in [2.75, 3.05) is 0 Å². The molecule has 54 heavy (non-hydrogen) atoms. The van der Waals surface area contributed by atoms with Crippen LogP contribution in [0.4, 0.5) is 0 Å². The average Bonchev–Trinajstić information content (AvgIpc) is 3.27. The molecule has 0 fully saturated rings. The lowest BCUT2D eigenvalue weighted by atomic mass is 9.96. The maximum absolute atomic E-state index is 5.49. The second-order valence-electron chi connectivity index (χ2n) is 12.9. The van der Waals surface area contributed by atoms with E-state index in [0.717, 1.165) is 90.1 Å². The van der Waals surface area contributed by atoms with Crippen LogP contribution < -0.4 is 0 Å². The summed E-state index contributed by atoms with van der Waals surface area (Å²) in [5, 5.41) is 0. The molecule has 9 aromatic rings. The van der Waals surface area contributed by atoms with Gasteiger partial charge in [0.15, 0.2) is 0 Å². The first-order chi connectivity index (χ1) is 26.8. The van der Waals surface area contributed by atoms with Crippen molar-refractivity contribution < 1.29 is 0 Å². The number of pyridine rings is 3. The summed E-state index contributed by atoms with van der Waals surface area (Å²) < 4.78 is 0. The smallest absolute Gasteiger partial charge is 0.0973 e. The molecule has 0 bridgehead atoms. The third-order valence-corrected chi connectivity index (χ3v) is 9.41. The number of benzene rings is 5. The number of aromatic nitrogens is 5. The molecule has 0 amide bonds. The summed E-state index contributed by atoms with van der Waals surface area (Å²) in [7, 11) is 0. The molecule has 0 radical (unpaired) electrons. The van der Waals surface area contributed by atoms with E-state index in [1.54, 1.807) is 12.4 Å². The minimum Gasteiger partial charge on any atom is -0.255 e. The van der Waals surface area contributed by atoms with E-state index in [-0.39, 0.29) is 0 Å². The molecule has 4 aromatic heterocycles. The van der Waals surface area contributed by atoms with Gasteiger partial charge in [0.1, 0.15) is 0 Å². The van der Waals surface area contributed by atoms with Gasteiger partial charge < -0.3 is 0 Å². The molecule has 0 unspecified atom stereocenters. The van der Waals surface area contributed by atoms with Gasteiger partial charge in [0.05, 0.1) is 45.6 Å². The van der Waals surface area contributed by atoms with Crippen LogP contribution in [0.15, 0.2) is 200 Å². The first kappa shape index (κ1) is 32.5. The zero-order chi connectivity index (χ0) is 36.1. The maximum Gasteiger partial charge on any atom is 0.0973 e. The van der Waals surface area contributed by atoms with Gasteiger partial charge in [-0.25, -0.2) is 15.0 Å². The SMILES string of the molecule is c1ccc(-c2cccc(-c3nc(-c4ccccc4)c(-c4ccc(-c5cc(-c6ccccn6)nc(-c6ccccn6)c5)cc4)nc3-c3ccccc3)c2)cc1. The van der Waals surface area contributed by atoms with Gasteiger partial charge >= 0.3 is 0 Å². The molecule has 0 aliphatic rings. The molecule has 5 heteroatoms. The Labute approximate surface area is 314 Å². The fraction of sp³-hybridized carbons (Fsp3) is 0. The van der Waals surface area contributed by atoms with Crippen LogP contribution in [0.2, 0.25) is 0 Å². The van der Waals surface area contributed by atoms with Crippen LogP contribution in [0.1, 0.15) is 0 Å². The van der Waals surface area contributed by atoms with Crippen LogP contribution in [-0.2, 0) is 0 Å². The first-order valence-corrected chi connectivity index (χ1v) is 17.9. The van der Waals surface area contributed by atoms with Crippen molar-refractivity contribution >= 4 is 0 Å². The zero-order valence-corrected chi connectivity index (χ0v) is 29.3. The van der Waals surface area contributed by atoms with Crippen LogP contribution in [-0.4, -0.2) is 24.9 Å². The topological polar surface area (TPSA) is 64.5 Å². The van der Waals surface area contributed by atoms with Gasteiger partial charge in [-0.15, -0.1) is 0 Å². The molecule has 0 atom stereocenters. The standard InChI is InChI=1S/C49H33N5/c1-4-15-34(16-5-1)39-21-14-22-40(31-39)49-47(37-19-8-3-9-20-37)53-48(46(54-49)36-17-6-2-7-18-36)38-27-25-35(26-28-38)41-32-44(42-23-10-12-29-50-42)52-45(33-41)43-24-11-13-30-51-43/h1-33H. The van der Waals surface area contributed by atoms with Gasteiger partial charge in [-0.2, -0.15) is 0 Å². The summed E-state index contributed by atoms with van der Waals surface area (Å²) in [4.78, 5) is 25.1. The Balaban J connectivity index is 1.20. The molecule has 5 aromatic carbocycles. The Kier molecular flexibility index (Phi) is 8.86. The van der Waals surface area contributed by atoms with E-state index in [2.05, 4.69) is 119 Å². The predicted molar refractivity (Wildman–Crippen MR) is 219 cm³/mol. The maximum atomic E-state index is 5.49. The zero-order valence-electron chi connectivity index (χ0n) is 29.3. The lowest BCUT2D eigenvalue weighted by Crippen LogP contribution is -2.01. The van der Waals surface area contributed by atoms with Crippen LogP contribution in [0, 0.1) is 0 Å². The minimum absolute atomic E-state index is 0.787. The van der Waals surface area contributed by atoms with Gasteiger partial charge in [0.25, 0.3) is 0 Å². The summed E-state index contributed by atoms with van der Waals surface area (Å²) in [5.41, 5.74) is 14.8. The largest absolute Gasteiger partial charge is 0.255 e. The Morgan fingerprint density at radius 3 is 1.11 bits per heavy atom. The second-order valence-corrected chi connectivity index (χ2v) is 12.9. The van der Waals surface area contributed by atoms with Crippen molar-refractivity contribution in [2.45, 2.75) is 0 Å². The molecule has 5 nitrogen and oxygen atoms in total. The normalized spacial score (nSPS) is 11.0. The molecule has 0 spiro atoms. The highest BCUT2D eigenvalue weighted by Gasteiger charge is 2.20. The third kappa shape index (κ3) is 6.70. The summed E-state index contributed by atoms with van der Waals surface area (Å²) in [5.74, 6) is 0. The summed E-state index contributed by atoms with van der Waals surface area (Å²) in [6, 6.07) is 64.2. The molecule has 9 rings (SSSR count). The van der Waals surface area contributed by atoms with E-state index in [1.165, 1.54) is 0 Å². The van der Waals surface area contributed by atoms with E-state index >= 15 is 0 Å². The van der Waals surface area contributed by atoms with E-state index in [9.17, 15) is 0 Å². The molecular weight excluding hydrogens is 659 g/mol. The second kappa shape index (κ2) is 14.7. The predicted octanol–water partition coefficient (Wildman–Crippen LogP) is 12.0. The fourth-order valence-electron chi connectivity index (χ4n) is 6.72. The number of rotatable bonds is 8. The third-order valence-electron chi connectivity index (χ3n) is 9.41. The summed E-state index contributed by atoms with van der Waals surface area (Å²) in [6.07, 6.45) is 3.58. The van der Waals surface area contributed by atoms with Gasteiger partial charge in [0.2, 0.25) is 0 Å². The highest BCUT2D eigenvalue weighted by Crippen LogP contribution is 2.39. The van der Waals surface area contributed by atoms with E-state index in [1.807, 2.05) is 78.9 Å². The Morgan fingerprint density at radius 2 is 0.611 bits per heavy atom. The monoisotopic (exact) mass is 691 g/mol. The van der Waals surface area contributed by atoms with Crippen molar-refractivity contribution in [2.24, 2.45) is 0 Å². The summed E-state index contributed by atoms with van der Waals surface area (Å²) in [6.45, 7) is 0. The van der Waals surface area contributed by atoms with Gasteiger partial charge in [0, 0.05) is 34.6 Å². The number of hydrogen-bond acceptors (Lipinski definition) is 5. The molecule has 0 saturated heterocycles.